The lowest BCUT2D eigenvalue weighted by molar-refractivity contribution is 0.288. The van der Waals surface area contributed by atoms with E-state index in [1.165, 1.54) is 12.1 Å². The number of rotatable bonds is 6. The van der Waals surface area contributed by atoms with Gasteiger partial charge in [0, 0.05) is 6.42 Å². The summed E-state index contributed by atoms with van der Waals surface area (Å²) in [5.74, 6) is -1.70. The number of hydrogen-bond acceptors (Lipinski definition) is 2. The van der Waals surface area contributed by atoms with Crippen molar-refractivity contribution in [2.75, 3.05) is 13.2 Å². The normalized spacial score (nSPS) is 10.4. The molecule has 0 fully saturated rings. The first-order valence-electron chi connectivity index (χ1n) is 5.49. The van der Waals surface area contributed by atoms with E-state index in [0.717, 1.165) is 5.57 Å². The topological polar surface area (TPSA) is 35.2 Å². The second kappa shape index (κ2) is 6.35. The highest BCUT2D eigenvalue weighted by atomic mass is 19.1. The Kier molecular flexibility index (Phi) is 5.10. The first-order chi connectivity index (χ1) is 8.04. The van der Waals surface area contributed by atoms with E-state index >= 15 is 0 Å². The Hall–Kier alpha value is -1.42. The van der Waals surface area contributed by atoms with Gasteiger partial charge in [-0.1, -0.05) is 5.57 Å². The SMILES string of the molecule is C=C(C)CCOc1c(F)cc(CCN)cc1F. The number of hydrogen-bond donors (Lipinski definition) is 1. The van der Waals surface area contributed by atoms with Crippen LogP contribution in [0.3, 0.4) is 0 Å². The van der Waals surface area contributed by atoms with E-state index in [-0.39, 0.29) is 12.4 Å². The van der Waals surface area contributed by atoms with Crippen LogP contribution < -0.4 is 10.5 Å². The van der Waals surface area contributed by atoms with Gasteiger partial charge < -0.3 is 10.5 Å². The molecule has 0 spiro atoms. The standard InChI is InChI=1S/C13H17F2NO/c1-9(2)4-6-17-13-11(14)7-10(3-5-16)8-12(13)15/h7-8H,1,3-6,16H2,2H3. The van der Waals surface area contributed by atoms with E-state index in [4.69, 9.17) is 10.5 Å². The van der Waals surface area contributed by atoms with Gasteiger partial charge in [0.1, 0.15) is 0 Å². The molecule has 4 heteroatoms. The predicted octanol–water partition coefficient (Wildman–Crippen LogP) is 2.81. The summed E-state index contributed by atoms with van der Waals surface area (Å²) in [4.78, 5) is 0. The molecule has 1 aromatic rings. The van der Waals surface area contributed by atoms with Gasteiger partial charge in [-0.15, -0.1) is 6.58 Å². The van der Waals surface area contributed by atoms with Gasteiger partial charge in [0.25, 0.3) is 0 Å². The molecule has 94 valence electrons. The first kappa shape index (κ1) is 13.6. The van der Waals surface area contributed by atoms with Crippen molar-refractivity contribution in [1.29, 1.82) is 0 Å². The van der Waals surface area contributed by atoms with Crippen LogP contribution in [0.2, 0.25) is 0 Å². The minimum atomic E-state index is -0.685. The van der Waals surface area contributed by atoms with Crippen LogP contribution in [-0.2, 0) is 6.42 Å². The monoisotopic (exact) mass is 241 g/mol. The maximum atomic E-state index is 13.5. The Morgan fingerprint density at radius 3 is 2.41 bits per heavy atom. The highest BCUT2D eigenvalue weighted by molar-refractivity contribution is 5.31. The van der Waals surface area contributed by atoms with Gasteiger partial charge in [-0.3, -0.25) is 0 Å². The molecule has 0 atom stereocenters. The van der Waals surface area contributed by atoms with Crippen molar-refractivity contribution in [3.63, 3.8) is 0 Å². The molecule has 0 aromatic heterocycles. The zero-order chi connectivity index (χ0) is 12.8. The molecule has 0 bridgehead atoms. The Balaban J connectivity index is 2.75. The van der Waals surface area contributed by atoms with E-state index in [9.17, 15) is 8.78 Å². The quantitative estimate of drug-likeness (QED) is 0.777. The maximum absolute atomic E-state index is 13.5. The molecular formula is C13H17F2NO. The average molecular weight is 241 g/mol. The Labute approximate surface area is 100 Å². The molecule has 1 aromatic carbocycles. The van der Waals surface area contributed by atoms with Gasteiger partial charge in [-0.05, 0) is 37.6 Å². The first-order valence-corrected chi connectivity index (χ1v) is 5.49. The summed E-state index contributed by atoms with van der Waals surface area (Å²) in [5, 5.41) is 0. The molecule has 0 radical (unpaired) electrons. The van der Waals surface area contributed by atoms with Crippen LogP contribution in [-0.4, -0.2) is 13.2 Å². The molecule has 0 aliphatic heterocycles. The molecule has 0 saturated heterocycles. The third kappa shape index (κ3) is 4.15. The Bertz CT molecular complexity index is 381. The smallest absolute Gasteiger partial charge is 0.190 e. The van der Waals surface area contributed by atoms with Gasteiger partial charge >= 0.3 is 0 Å². The fourth-order valence-electron chi connectivity index (χ4n) is 1.39. The highest BCUT2D eigenvalue weighted by Gasteiger charge is 2.12. The van der Waals surface area contributed by atoms with Crippen LogP contribution in [0.1, 0.15) is 18.9 Å². The van der Waals surface area contributed by atoms with E-state index in [2.05, 4.69) is 6.58 Å². The predicted molar refractivity (Wildman–Crippen MR) is 64.0 cm³/mol. The molecule has 0 aliphatic carbocycles. The fraction of sp³-hybridized carbons (Fsp3) is 0.385. The van der Waals surface area contributed by atoms with Gasteiger partial charge in [0.2, 0.25) is 0 Å². The summed E-state index contributed by atoms with van der Waals surface area (Å²) < 4.78 is 32.1. The number of nitrogens with two attached hydrogens (primary N) is 1. The van der Waals surface area contributed by atoms with E-state index in [0.29, 0.717) is 24.9 Å². The minimum absolute atomic E-state index is 0.222. The lowest BCUT2D eigenvalue weighted by Gasteiger charge is -2.09. The number of benzene rings is 1. The Morgan fingerprint density at radius 1 is 1.35 bits per heavy atom. The lowest BCUT2D eigenvalue weighted by Crippen LogP contribution is -2.06. The number of halogens is 2. The number of ether oxygens (including phenoxy) is 1. The van der Waals surface area contributed by atoms with Crippen molar-refractivity contribution >= 4 is 0 Å². The van der Waals surface area contributed by atoms with Gasteiger partial charge in [-0.2, -0.15) is 0 Å². The van der Waals surface area contributed by atoms with Crippen molar-refractivity contribution in [2.24, 2.45) is 5.73 Å². The van der Waals surface area contributed by atoms with E-state index in [1.54, 1.807) is 0 Å². The van der Waals surface area contributed by atoms with Crippen LogP contribution in [0.15, 0.2) is 24.3 Å². The summed E-state index contributed by atoms with van der Waals surface area (Å²) in [5.41, 5.74) is 6.77. The van der Waals surface area contributed by atoms with Crippen LogP contribution >= 0.6 is 0 Å². The van der Waals surface area contributed by atoms with Crippen molar-refractivity contribution in [3.8, 4) is 5.75 Å². The maximum Gasteiger partial charge on any atom is 0.190 e. The third-order valence-corrected chi connectivity index (χ3v) is 2.27. The molecule has 0 unspecified atom stereocenters. The average Bonchev–Trinajstić information content (AvgIpc) is 2.22. The molecular weight excluding hydrogens is 224 g/mol. The van der Waals surface area contributed by atoms with Gasteiger partial charge in [0.05, 0.1) is 6.61 Å². The molecule has 2 nitrogen and oxygen atoms in total. The molecule has 2 N–H and O–H groups in total. The van der Waals surface area contributed by atoms with Crippen LogP contribution in [0.5, 0.6) is 5.75 Å². The summed E-state index contributed by atoms with van der Waals surface area (Å²) in [6, 6.07) is 2.51. The molecule has 0 aliphatic rings. The Morgan fingerprint density at radius 2 is 1.94 bits per heavy atom. The summed E-state index contributed by atoms with van der Waals surface area (Å²) in [7, 11) is 0. The second-order valence-corrected chi connectivity index (χ2v) is 3.98. The third-order valence-electron chi connectivity index (χ3n) is 2.27. The van der Waals surface area contributed by atoms with Crippen LogP contribution in [0.4, 0.5) is 8.78 Å². The fourth-order valence-corrected chi connectivity index (χ4v) is 1.39. The van der Waals surface area contributed by atoms with Crippen molar-refractivity contribution < 1.29 is 13.5 Å². The molecule has 1 rings (SSSR count). The summed E-state index contributed by atoms with van der Waals surface area (Å²) in [6.07, 6.45) is 1.02. The highest BCUT2D eigenvalue weighted by Crippen LogP contribution is 2.23. The molecule has 17 heavy (non-hydrogen) atoms. The van der Waals surface area contributed by atoms with E-state index < -0.39 is 11.6 Å². The summed E-state index contributed by atoms with van der Waals surface area (Å²) in [6.45, 7) is 6.10. The minimum Gasteiger partial charge on any atom is -0.487 e. The zero-order valence-electron chi connectivity index (χ0n) is 9.93. The lowest BCUT2D eigenvalue weighted by atomic mass is 10.1. The molecule has 0 saturated carbocycles. The van der Waals surface area contributed by atoms with Crippen molar-refractivity contribution in [3.05, 3.63) is 41.5 Å². The largest absolute Gasteiger partial charge is 0.487 e. The van der Waals surface area contributed by atoms with Crippen molar-refractivity contribution in [1.82, 2.24) is 0 Å². The van der Waals surface area contributed by atoms with Gasteiger partial charge in [0.15, 0.2) is 17.4 Å². The zero-order valence-corrected chi connectivity index (χ0v) is 9.93. The van der Waals surface area contributed by atoms with Crippen LogP contribution in [0.25, 0.3) is 0 Å². The van der Waals surface area contributed by atoms with E-state index in [1.807, 2.05) is 6.92 Å². The van der Waals surface area contributed by atoms with Crippen LogP contribution in [0, 0.1) is 11.6 Å². The van der Waals surface area contributed by atoms with Gasteiger partial charge in [-0.25, -0.2) is 8.78 Å². The van der Waals surface area contributed by atoms with Crippen molar-refractivity contribution in [2.45, 2.75) is 19.8 Å². The molecule has 0 amide bonds. The second-order valence-electron chi connectivity index (χ2n) is 3.98. The molecule has 0 heterocycles. The summed E-state index contributed by atoms with van der Waals surface area (Å²) >= 11 is 0.